The second kappa shape index (κ2) is 7.71. The van der Waals surface area contributed by atoms with E-state index in [1.165, 1.54) is 10.6 Å². The molecule has 0 atom stereocenters. The Morgan fingerprint density at radius 1 is 0.684 bits per heavy atom. The van der Waals surface area contributed by atoms with Crippen LogP contribution in [0.1, 0.15) is 6.42 Å². The first-order valence-corrected chi connectivity index (χ1v) is 8.32. The van der Waals surface area contributed by atoms with Crippen LogP contribution in [0.15, 0.2) is 85.0 Å². The van der Waals surface area contributed by atoms with Crippen LogP contribution in [0.5, 0.6) is 0 Å². The fourth-order valence-corrected chi connectivity index (χ4v) is 3.38. The number of rotatable bonds is 2. The number of allylic oxidation sites excluding steroid dienone is 4. The Bertz CT molecular complexity index is 477. The van der Waals surface area contributed by atoms with Crippen LogP contribution in [0.25, 0.3) is 0 Å². The third kappa shape index (κ3) is 4.50. The van der Waals surface area contributed by atoms with Gasteiger partial charge in [-0.25, -0.2) is 0 Å². The summed E-state index contributed by atoms with van der Waals surface area (Å²) in [5.74, 6) is 0. The average Bonchev–Trinajstić information content (AvgIpc) is 3.08. The molecular weight excluding hydrogens is 247 g/mol. The summed E-state index contributed by atoms with van der Waals surface area (Å²) in [5.41, 5.74) is 0. The van der Waals surface area contributed by atoms with Crippen molar-refractivity contribution >= 4 is 18.5 Å². The number of benzene rings is 2. The molecule has 1 aliphatic carbocycles. The van der Waals surface area contributed by atoms with E-state index in [1.807, 2.05) is 0 Å². The normalized spacial score (nSPS) is 12.3. The van der Waals surface area contributed by atoms with E-state index in [0.717, 1.165) is 6.42 Å². The lowest BCUT2D eigenvalue weighted by Crippen LogP contribution is -2.09. The minimum absolute atomic E-state index is 0.171. The standard InChI is InChI=1S/C13H13P.C5H6/c1-14(12-8-4-2-5-9-12)13-10-6-3-7-11-13;1-2-4-5-3-1/h2-11H,1H3;1-4H,5H2. The molecule has 0 nitrogen and oxygen atoms in total. The van der Waals surface area contributed by atoms with Gasteiger partial charge in [-0.2, -0.15) is 0 Å². The van der Waals surface area contributed by atoms with E-state index >= 15 is 0 Å². The predicted molar refractivity (Wildman–Crippen MR) is 87.9 cm³/mol. The average molecular weight is 266 g/mol. The Morgan fingerprint density at radius 3 is 1.42 bits per heavy atom. The lowest BCUT2D eigenvalue weighted by atomic mass is 10.4. The van der Waals surface area contributed by atoms with Crippen LogP contribution >= 0.6 is 7.92 Å². The van der Waals surface area contributed by atoms with Crippen molar-refractivity contribution in [2.45, 2.75) is 6.42 Å². The van der Waals surface area contributed by atoms with Crippen LogP contribution in [0.3, 0.4) is 0 Å². The molecule has 19 heavy (non-hydrogen) atoms. The van der Waals surface area contributed by atoms with Gasteiger partial charge in [-0.15, -0.1) is 0 Å². The summed E-state index contributed by atoms with van der Waals surface area (Å²) in [5, 5.41) is 2.88. The van der Waals surface area contributed by atoms with Crippen LogP contribution in [-0.4, -0.2) is 6.66 Å². The lowest BCUT2D eigenvalue weighted by Gasteiger charge is -2.12. The fourth-order valence-electron chi connectivity index (χ4n) is 1.85. The maximum absolute atomic E-state index is 2.31. The Morgan fingerprint density at radius 2 is 1.11 bits per heavy atom. The molecule has 0 saturated heterocycles. The highest BCUT2D eigenvalue weighted by Crippen LogP contribution is 2.27. The minimum Gasteiger partial charge on any atom is -0.0808 e. The van der Waals surface area contributed by atoms with Crippen molar-refractivity contribution in [1.29, 1.82) is 0 Å². The lowest BCUT2D eigenvalue weighted by molar-refractivity contribution is 1.45. The van der Waals surface area contributed by atoms with Crippen LogP contribution in [0, 0.1) is 0 Å². The van der Waals surface area contributed by atoms with Crippen molar-refractivity contribution in [2.75, 3.05) is 6.66 Å². The largest absolute Gasteiger partial charge is 0.0808 e. The third-order valence-electron chi connectivity index (χ3n) is 2.94. The Kier molecular flexibility index (Phi) is 5.59. The SMILES string of the molecule is C1=CCC=C1.CP(c1ccccc1)c1ccccc1. The molecule has 2 aromatic rings. The second-order valence-electron chi connectivity index (χ2n) is 4.32. The highest BCUT2D eigenvalue weighted by Gasteiger charge is 2.05. The summed E-state index contributed by atoms with van der Waals surface area (Å²) in [4.78, 5) is 0. The molecule has 0 aliphatic heterocycles. The van der Waals surface area contributed by atoms with Crippen LogP contribution < -0.4 is 10.6 Å². The fraction of sp³-hybridized carbons (Fsp3) is 0.111. The quantitative estimate of drug-likeness (QED) is 0.713. The highest BCUT2D eigenvalue weighted by molar-refractivity contribution is 7.72. The van der Waals surface area contributed by atoms with E-state index < -0.39 is 0 Å². The first-order chi connectivity index (χ1) is 9.38. The first kappa shape index (κ1) is 13.8. The van der Waals surface area contributed by atoms with Gasteiger partial charge in [0.05, 0.1) is 0 Å². The summed E-state index contributed by atoms with van der Waals surface area (Å²) >= 11 is 0. The van der Waals surface area contributed by atoms with Gasteiger partial charge in [-0.05, 0) is 31.6 Å². The van der Waals surface area contributed by atoms with Crippen LogP contribution in [-0.2, 0) is 0 Å². The van der Waals surface area contributed by atoms with Gasteiger partial charge >= 0.3 is 0 Å². The maximum Gasteiger partial charge on any atom is -0.0163 e. The summed E-state index contributed by atoms with van der Waals surface area (Å²) in [6.45, 7) is 2.31. The zero-order valence-corrected chi connectivity index (χ0v) is 12.1. The summed E-state index contributed by atoms with van der Waals surface area (Å²) in [6.07, 6.45) is 9.50. The van der Waals surface area contributed by atoms with Crippen LogP contribution in [0.4, 0.5) is 0 Å². The molecule has 3 rings (SSSR count). The molecule has 96 valence electrons. The first-order valence-electron chi connectivity index (χ1n) is 6.53. The van der Waals surface area contributed by atoms with Crippen molar-refractivity contribution in [1.82, 2.24) is 0 Å². The highest BCUT2D eigenvalue weighted by atomic mass is 31.1. The minimum atomic E-state index is -0.171. The molecule has 0 unspecified atom stereocenters. The van der Waals surface area contributed by atoms with Gasteiger partial charge in [0.25, 0.3) is 0 Å². The van der Waals surface area contributed by atoms with Crippen LogP contribution in [0.2, 0.25) is 0 Å². The van der Waals surface area contributed by atoms with Crippen molar-refractivity contribution in [3.8, 4) is 0 Å². The molecule has 0 N–H and O–H groups in total. The Hall–Kier alpha value is -1.65. The number of hydrogen-bond donors (Lipinski definition) is 0. The molecule has 0 bridgehead atoms. The van der Waals surface area contributed by atoms with E-state index in [-0.39, 0.29) is 7.92 Å². The molecule has 0 saturated carbocycles. The summed E-state index contributed by atoms with van der Waals surface area (Å²) in [7, 11) is -0.171. The molecule has 0 radical (unpaired) electrons. The molecular formula is C18H19P. The summed E-state index contributed by atoms with van der Waals surface area (Å²) in [6, 6.07) is 21.4. The van der Waals surface area contributed by atoms with Crippen molar-refractivity contribution in [3.63, 3.8) is 0 Å². The number of hydrogen-bond acceptors (Lipinski definition) is 0. The summed E-state index contributed by atoms with van der Waals surface area (Å²) < 4.78 is 0. The smallest absolute Gasteiger partial charge is 0.0163 e. The molecule has 2 aromatic carbocycles. The topological polar surface area (TPSA) is 0 Å². The van der Waals surface area contributed by atoms with Gasteiger partial charge in [-0.1, -0.05) is 85.0 Å². The molecule has 0 heterocycles. The zero-order chi connectivity index (χ0) is 13.3. The Balaban J connectivity index is 0.000000224. The van der Waals surface area contributed by atoms with Crippen molar-refractivity contribution < 1.29 is 0 Å². The van der Waals surface area contributed by atoms with Gasteiger partial charge in [-0.3, -0.25) is 0 Å². The van der Waals surface area contributed by atoms with Crippen molar-refractivity contribution in [3.05, 3.63) is 85.0 Å². The molecule has 0 aromatic heterocycles. The molecule has 0 fully saturated rings. The maximum atomic E-state index is 2.31. The van der Waals surface area contributed by atoms with Gasteiger partial charge in [0.2, 0.25) is 0 Å². The van der Waals surface area contributed by atoms with Crippen molar-refractivity contribution in [2.24, 2.45) is 0 Å². The predicted octanol–water partition coefficient (Wildman–Crippen LogP) is 4.25. The van der Waals surface area contributed by atoms with E-state index in [4.69, 9.17) is 0 Å². The van der Waals surface area contributed by atoms with E-state index in [2.05, 4.69) is 91.6 Å². The second-order valence-corrected chi connectivity index (χ2v) is 6.47. The third-order valence-corrected chi connectivity index (χ3v) is 5.09. The molecule has 0 spiro atoms. The van der Waals surface area contributed by atoms with E-state index in [9.17, 15) is 0 Å². The Labute approximate surface area is 117 Å². The molecule has 1 aliphatic rings. The molecule has 0 amide bonds. The van der Waals surface area contributed by atoms with Gasteiger partial charge in [0.15, 0.2) is 0 Å². The molecule has 1 heteroatoms. The van der Waals surface area contributed by atoms with Gasteiger partial charge in [0.1, 0.15) is 0 Å². The van der Waals surface area contributed by atoms with E-state index in [1.54, 1.807) is 0 Å². The monoisotopic (exact) mass is 266 g/mol. The van der Waals surface area contributed by atoms with Gasteiger partial charge in [0, 0.05) is 0 Å². The zero-order valence-electron chi connectivity index (χ0n) is 11.2. The van der Waals surface area contributed by atoms with Gasteiger partial charge < -0.3 is 0 Å². The van der Waals surface area contributed by atoms with E-state index in [0.29, 0.717) is 0 Å².